The van der Waals surface area contributed by atoms with E-state index >= 15 is 0 Å². The Kier molecular flexibility index (Phi) is 5.41. The Labute approximate surface area is 158 Å². The fourth-order valence-electron chi connectivity index (χ4n) is 3.14. The van der Waals surface area contributed by atoms with Gasteiger partial charge in [0.15, 0.2) is 0 Å². The van der Waals surface area contributed by atoms with Crippen LogP contribution in [-0.2, 0) is 13.1 Å². The lowest BCUT2D eigenvalue weighted by atomic mass is 10.1. The Bertz CT molecular complexity index is 992. The van der Waals surface area contributed by atoms with E-state index < -0.39 is 5.91 Å². The number of para-hydroxylation sites is 1. The van der Waals surface area contributed by atoms with Gasteiger partial charge in [-0.25, -0.2) is 0 Å². The van der Waals surface area contributed by atoms with Gasteiger partial charge in [0.05, 0.1) is 0 Å². The molecule has 0 radical (unpaired) electrons. The first-order valence-corrected chi connectivity index (χ1v) is 8.82. The van der Waals surface area contributed by atoms with E-state index in [1.165, 1.54) is 0 Å². The van der Waals surface area contributed by atoms with Gasteiger partial charge in [-0.1, -0.05) is 30.3 Å². The number of nitrogens with zero attached hydrogens (tertiary/aromatic N) is 1. The lowest BCUT2D eigenvalue weighted by molar-refractivity contribution is 0.100. The number of anilines is 1. The van der Waals surface area contributed by atoms with E-state index in [1.54, 1.807) is 12.1 Å². The molecule has 1 aromatic heterocycles. The molecule has 3 N–H and O–H groups in total. The summed E-state index contributed by atoms with van der Waals surface area (Å²) < 4.78 is 0. The molecule has 5 nitrogen and oxygen atoms in total. The van der Waals surface area contributed by atoms with Crippen LogP contribution in [0.25, 0.3) is 0 Å². The van der Waals surface area contributed by atoms with Gasteiger partial charge in [0.1, 0.15) is 0 Å². The van der Waals surface area contributed by atoms with Crippen LogP contribution < -0.4 is 16.2 Å². The third kappa shape index (κ3) is 4.44. The highest BCUT2D eigenvalue weighted by atomic mass is 16.1. The van der Waals surface area contributed by atoms with Gasteiger partial charge in [-0.2, -0.15) is 0 Å². The first-order chi connectivity index (χ1) is 12.9. The van der Waals surface area contributed by atoms with Crippen LogP contribution in [0, 0.1) is 13.8 Å². The minimum absolute atomic E-state index is 0.0579. The van der Waals surface area contributed by atoms with Crippen molar-refractivity contribution in [2.45, 2.75) is 26.9 Å². The number of pyridine rings is 1. The van der Waals surface area contributed by atoms with Crippen molar-refractivity contribution in [2.24, 2.45) is 5.73 Å². The van der Waals surface area contributed by atoms with E-state index in [2.05, 4.69) is 9.88 Å². The van der Waals surface area contributed by atoms with Gasteiger partial charge in [-0.3, -0.25) is 9.59 Å². The van der Waals surface area contributed by atoms with Crippen molar-refractivity contribution in [3.05, 3.63) is 99.0 Å². The first kappa shape index (κ1) is 18.5. The van der Waals surface area contributed by atoms with Crippen molar-refractivity contribution < 1.29 is 4.79 Å². The van der Waals surface area contributed by atoms with Gasteiger partial charge in [-0.05, 0) is 55.3 Å². The molecule has 0 bridgehead atoms. The zero-order valence-electron chi connectivity index (χ0n) is 15.5. The summed E-state index contributed by atoms with van der Waals surface area (Å²) in [6, 6.07) is 19.2. The van der Waals surface area contributed by atoms with Crippen LogP contribution in [0.3, 0.4) is 0 Å². The number of aryl methyl sites for hydroxylation is 2. The SMILES string of the molecule is Cc1cc(C)c(CN(Cc2ccc(C(N)=O)cc2)c2ccccc2)c(=O)[nH]1. The van der Waals surface area contributed by atoms with Crippen LogP contribution in [0.15, 0.2) is 65.5 Å². The van der Waals surface area contributed by atoms with Gasteiger partial charge >= 0.3 is 0 Å². The highest BCUT2D eigenvalue weighted by Crippen LogP contribution is 2.20. The number of carbonyl (C=O) groups excluding carboxylic acids is 1. The highest BCUT2D eigenvalue weighted by molar-refractivity contribution is 5.92. The van der Waals surface area contributed by atoms with E-state index in [1.807, 2.05) is 62.4 Å². The molecule has 1 heterocycles. The Morgan fingerprint density at radius 1 is 1.00 bits per heavy atom. The number of amides is 1. The van der Waals surface area contributed by atoms with Crippen LogP contribution >= 0.6 is 0 Å². The van der Waals surface area contributed by atoms with Crippen LogP contribution in [-0.4, -0.2) is 10.9 Å². The Morgan fingerprint density at radius 2 is 1.67 bits per heavy atom. The molecule has 0 fully saturated rings. The molecule has 0 aliphatic carbocycles. The topological polar surface area (TPSA) is 79.2 Å². The summed E-state index contributed by atoms with van der Waals surface area (Å²) in [6.07, 6.45) is 0. The van der Waals surface area contributed by atoms with Gasteiger partial charge in [0, 0.05) is 35.6 Å². The lowest BCUT2D eigenvalue weighted by Gasteiger charge is -2.25. The number of hydrogen-bond donors (Lipinski definition) is 2. The predicted octanol–water partition coefficient (Wildman–Crippen LogP) is 3.30. The van der Waals surface area contributed by atoms with Gasteiger partial charge < -0.3 is 15.6 Å². The minimum Gasteiger partial charge on any atom is -0.366 e. The van der Waals surface area contributed by atoms with E-state index in [9.17, 15) is 9.59 Å². The second-order valence-corrected chi connectivity index (χ2v) is 6.70. The Hall–Kier alpha value is -3.34. The zero-order chi connectivity index (χ0) is 19.4. The molecule has 1 amide bonds. The summed E-state index contributed by atoms with van der Waals surface area (Å²) in [5.41, 5.74) is 10.4. The van der Waals surface area contributed by atoms with Crippen molar-refractivity contribution >= 4 is 11.6 Å². The number of aromatic amines is 1. The van der Waals surface area contributed by atoms with Crippen molar-refractivity contribution in [1.82, 2.24) is 4.98 Å². The number of hydrogen-bond acceptors (Lipinski definition) is 3. The van der Waals surface area contributed by atoms with E-state index in [4.69, 9.17) is 5.73 Å². The molecule has 0 aliphatic rings. The van der Waals surface area contributed by atoms with Crippen LogP contribution in [0.4, 0.5) is 5.69 Å². The third-order valence-electron chi connectivity index (χ3n) is 4.58. The molecule has 3 rings (SSSR count). The molecule has 0 spiro atoms. The molecule has 0 saturated carbocycles. The molecule has 0 unspecified atom stereocenters. The number of nitrogens with one attached hydrogen (secondary N) is 1. The molecule has 5 heteroatoms. The fraction of sp³-hybridized carbons (Fsp3) is 0.182. The Balaban J connectivity index is 1.93. The smallest absolute Gasteiger partial charge is 0.253 e. The number of rotatable bonds is 6. The molecule has 0 aliphatic heterocycles. The zero-order valence-corrected chi connectivity index (χ0v) is 15.5. The van der Waals surface area contributed by atoms with Gasteiger partial charge in [0.25, 0.3) is 5.56 Å². The maximum Gasteiger partial charge on any atom is 0.253 e. The molecule has 138 valence electrons. The van der Waals surface area contributed by atoms with E-state index in [0.717, 1.165) is 28.1 Å². The molecular weight excluding hydrogens is 338 g/mol. The third-order valence-corrected chi connectivity index (χ3v) is 4.58. The minimum atomic E-state index is -0.441. The highest BCUT2D eigenvalue weighted by Gasteiger charge is 2.13. The average molecular weight is 361 g/mol. The maximum atomic E-state index is 12.5. The predicted molar refractivity (Wildman–Crippen MR) is 108 cm³/mol. The van der Waals surface area contributed by atoms with Crippen molar-refractivity contribution in [3.8, 4) is 0 Å². The molecule has 3 aromatic rings. The summed E-state index contributed by atoms with van der Waals surface area (Å²) in [4.78, 5) is 28.8. The van der Waals surface area contributed by atoms with Crippen LogP contribution in [0.2, 0.25) is 0 Å². The Morgan fingerprint density at radius 3 is 2.26 bits per heavy atom. The number of aromatic nitrogens is 1. The van der Waals surface area contributed by atoms with Crippen LogP contribution in [0.5, 0.6) is 0 Å². The van der Waals surface area contributed by atoms with Crippen molar-refractivity contribution in [1.29, 1.82) is 0 Å². The van der Waals surface area contributed by atoms with E-state index in [-0.39, 0.29) is 5.56 Å². The normalized spacial score (nSPS) is 10.6. The summed E-state index contributed by atoms with van der Waals surface area (Å²) in [5.74, 6) is -0.441. The number of carbonyl (C=O) groups is 1. The van der Waals surface area contributed by atoms with Gasteiger partial charge in [-0.15, -0.1) is 0 Å². The summed E-state index contributed by atoms with van der Waals surface area (Å²) >= 11 is 0. The quantitative estimate of drug-likeness (QED) is 0.707. The summed E-state index contributed by atoms with van der Waals surface area (Å²) in [5, 5.41) is 0. The summed E-state index contributed by atoms with van der Waals surface area (Å²) in [7, 11) is 0. The standard InChI is InChI=1S/C22H23N3O2/c1-15-12-16(2)24-22(27)20(15)14-25(19-6-4-3-5-7-19)13-17-8-10-18(11-9-17)21(23)26/h3-12H,13-14H2,1-2H3,(H2,23,26)(H,24,27). The van der Waals surface area contributed by atoms with Gasteiger partial charge in [0.2, 0.25) is 5.91 Å². The molecule has 27 heavy (non-hydrogen) atoms. The second-order valence-electron chi connectivity index (χ2n) is 6.70. The number of H-pyrrole nitrogens is 1. The van der Waals surface area contributed by atoms with E-state index in [0.29, 0.717) is 18.7 Å². The molecule has 2 aromatic carbocycles. The average Bonchev–Trinajstić information content (AvgIpc) is 2.64. The number of benzene rings is 2. The maximum absolute atomic E-state index is 12.5. The van der Waals surface area contributed by atoms with Crippen molar-refractivity contribution in [3.63, 3.8) is 0 Å². The lowest BCUT2D eigenvalue weighted by Crippen LogP contribution is -2.27. The second kappa shape index (κ2) is 7.91. The first-order valence-electron chi connectivity index (χ1n) is 8.82. The summed E-state index contributed by atoms with van der Waals surface area (Å²) in [6.45, 7) is 4.94. The molecular formula is C22H23N3O2. The van der Waals surface area contributed by atoms with Crippen LogP contribution in [0.1, 0.15) is 32.7 Å². The number of nitrogens with two attached hydrogens (primary N) is 1. The molecule has 0 atom stereocenters. The fourth-order valence-corrected chi connectivity index (χ4v) is 3.14. The van der Waals surface area contributed by atoms with Crippen molar-refractivity contribution in [2.75, 3.05) is 4.90 Å². The largest absolute Gasteiger partial charge is 0.366 e. The monoisotopic (exact) mass is 361 g/mol. The molecule has 0 saturated heterocycles. The number of primary amides is 1.